The lowest BCUT2D eigenvalue weighted by molar-refractivity contribution is -0.122. The molecule has 0 radical (unpaired) electrons. The van der Waals surface area contributed by atoms with Crippen LogP contribution in [0.5, 0.6) is 0 Å². The second-order valence-corrected chi connectivity index (χ2v) is 4.27. The van der Waals surface area contributed by atoms with Crippen LogP contribution in [0.25, 0.3) is 0 Å². The average Bonchev–Trinajstić information content (AvgIpc) is 2.20. The van der Waals surface area contributed by atoms with E-state index in [1.54, 1.807) is 4.90 Å². The highest BCUT2D eigenvalue weighted by Crippen LogP contribution is 2.14. The summed E-state index contributed by atoms with van der Waals surface area (Å²) in [7, 11) is 0. The van der Waals surface area contributed by atoms with Crippen molar-refractivity contribution in [1.29, 1.82) is 0 Å². The Balaban J connectivity index is 2.63. The lowest BCUT2D eigenvalue weighted by Gasteiger charge is -2.36. The van der Waals surface area contributed by atoms with Gasteiger partial charge in [-0.25, -0.2) is 4.79 Å². The SMILES string of the molecule is CCOCC(C(C)C)N1CCC(=O)NC1=O. The van der Waals surface area contributed by atoms with Crippen LogP contribution in [0.2, 0.25) is 0 Å². The van der Waals surface area contributed by atoms with Gasteiger partial charge in [0.25, 0.3) is 0 Å². The number of amides is 3. The van der Waals surface area contributed by atoms with Crippen LogP contribution in [0.3, 0.4) is 0 Å². The molecule has 0 saturated carbocycles. The van der Waals surface area contributed by atoms with Gasteiger partial charge in [0.15, 0.2) is 0 Å². The van der Waals surface area contributed by atoms with Gasteiger partial charge in [0.1, 0.15) is 0 Å². The molecule has 92 valence electrons. The number of imide groups is 1. The van der Waals surface area contributed by atoms with E-state index in [-0.39, 0.29) is 18.0 Å². The normalized spacial score (nSPS) is 18.9. The summed E-state index contributed by atoms with van der Waals surface area (Å²) in [6.45, 7) is 7.67. The first-order valence-corrected chi connectivity index (χ1v) is 5.74. The van der Waals surface area contributed by atoms with Crippen molar-refractivity contribution in [3.8, 4) is 0 Å². The summed E-state index contributed by atoms with van der Waals surface area (Å²) < 4.78 is 5.38. The number of carbonyl (C=O) groups excluding carboxylic acids is 2. The van der Waals surface area contributed by atoms with E-state index in [1.807, 2.05) is 20.8 Å². The Labute approximate surface area is 96.1 Å². The Morgan fingerprint density at radius 2 is 2.12 bits per heavy atom. The van der Waals surface area contributed by atoms with E-state index in [0.29, 0.717) is 32.1 Å². The molecule has 1 atom stereocenters. The van der Waals surface area contributed by atoms with Gasteiger partial charge >= 0.3 is 6.03 Å². The Kier molecular flexibility index (Phi) is 4.73. The predicted molar refractivity (Wildman–Crippen MR) is 60.0 cm³/mol. The minimum absolute atomic E-state index is 0.0352. The quantitative estimate of drug-likeness (QED) is 0.763. The monoisotopic (exact) mass is 228 g/mol. The van der Waals surface area contributed by atoms with E-state index in [2.05, 4.69) is 5.32 Å². The summed E-state index contributed by atoms with van der Waals surface area (Å²) in [5.41, 5.74) is 0. The van der Waals surface area contributed by atoms with Gasteiger partial charge in [-0.3, -0.25) is 10.1 Å². The molecule has 1 N–H and O–H groups in total. The molecule has 1 aliphatic heterocycles. The highest BCUT2D eigenvalue weighted by Gasteiger charge is 2.30. The van der Waals surface area contributed by atoms with E-state index in [1.165, 1.54) is 0 Å². The standard InChI is InChI=1S/C11H20N2O3/c1-4-16-7-9(8(2)3)13-6-5-10(14)12-11(13)15/h8-9H,4-7H2,1-3H3,(H,12,14,15). The number of nitrogens with zero attached hydrogens (tertiary/aromatic N) is 1. The number of urea groups is 1. The zero-order chi connectivity index (χ0) is 12.1. The van der Waals surface area contributed by atoms with Gasteiger partial charge in [-0.05, 0) is 12.8 Å². The lowest BCUT2D eigenvalue weighted by Crippen LogP contribution is -2.56. The van der Waals surface area contributed by atoms with Crippen molar-refractivity contribution in [3.63, 3.8) is 0 Å². The summed E-state index contributed by atoms with van der Waals surface area (Å²) in [6, 6.07) is -0.261. The maximum atomic E-state index is 11.7. The van der Waals surface area contributed by atoms with Crippen LogP contribution in [0.1, 0.15) is 27.2 Å². The minimum atomic E-state index is -0.297. The molecule has 16 heavy (non-hydrogen) atoms. The number of ether oxygens (including phenoxy) is 1. The topological polar surface area (TPSA) is 58.6 Å². The van der Waals surface area contributed by atoms with E-state index in [9.17, 15) is 9.59 Å². The number of carbonyl (C=O) groups is 2. The maximum Gasteiger partial charge on any atom is 0.324 e. The third kappa shape index (κ3) is 3.20. The first kappa shape index (κ1) is 13.0. The van der Waals surface area contributed by atoms with Crippen LogP contribution >= 0.6 is 0 Å². The molecule has 1 heterocycles. The molecular weight excluding hydrogens is 208 g/mol. The van der Waals surface area contributed by atoms with Crippen LogP contribution in [0.4, 0.5) is 4.79 Å². The fourth-order valence-electron chi connectivity index (χ4n) is 1.77. The van der Waals surface area contributed by atoms with Gasteiger partial charge in [0.2, 0.25) is 5.91 Å². The predicted octanol–water partition coefficient (Wildman–Crippen LogP) is 0.989. The second-order valence-electron chi connectivity index (χ2n) is 4.27. The van der Waals surface area contributed by atoms with Crippen molar-refractivity contribution in [1.82, 2.24) is 10.2 Å². The van der Waals surface area contributed by atoms with Crippen molar-refractivity contribution < 1.29 is 14.3 Å². The number of hydrogen-bond acceptors (Lipinski definition) is 3. The average molecular weight is 228 g/mol. The second kappa shape index (κ2) is 5.84. The highest BCUT2D eigenvalue weighted by atomic mass is 16.5. The number of nitrogens with one attached hydrogen (secondary N) is 1. The lowest BCUT2D eigenvalue weighted by atomic mass is 10.0. The van der Waals surface area contributed by atoms with Crippen molar-refractivity contribution in [2.24, 2.45) is 5.92 Å². The molecule has 1 unspecified atom stereocenters. The molecule has 0 aromatic heterocycles. The van der Waals surface area contributed by atoms with Gasteiger partial charge in [0, 0.05) is 19.6 Å². The summed E-state index contributed by atoms with van der Waals surface area (Å²) in [6.07, 6.45) is 0.376. The number of hydrogen-bond donors (Lipinski definition) is 1. The van der Waals surface area contributed by atoms with Gasteiger partial charge in [-0.15, -0.1) is 0 Å². The van der Waals surface area contributed by atoms with Gasteiger partial charge < -0.3 is 9.64 Å². The smallest absolute Gasteiger partial charge is 0.324 e. The zero-order valence-corrected chi connectivity index (χ0v) is 10.2. The molecule has 0 bridgehead atoms. The largest absolute Gasteiger partial charge is 0.380 e. The Bertz CT molecular complexity index is 266. The van der Waals surface area contributed by atoms with Crippen molar-refractivity contribution in [2.75, 3.05) is 19.8 Å². The number of rotatable bonds is 5. The van der Waals surface area contributed by atoms with Crippen LogP contribution in [0, 0.1) is 5.92 Å². The van der Waals surface area contributed by atoms with Crippen LogP contribution in [-0.2, 0) is 9.53 Å². The summed E-state index contributed by atoms with van der Waals surface area (Å²) in [5.74, 6) is 0.116. The van der Waals surface area contributed by atoms with Gasteiger partial charge in [-0.1, -0.05) is 13.8 Å². The molecular formula is C11H20N2O3. The summed E-state index contributed by atoms with van der Waals surface area (Å²) in [5, 5.41) is 2.33. The molecule has 5 heteroatoms. The fraction of sp³-hybridized carbons (Fsp3) is 0.818. The summed E-state index contributed by atoms with van der Waals surface area (Å²) >= 11 is 0. The molecule has 0 spiro atoms. The molecule has 1 aliphatic rings. The van der Waals surface area contributed by atoms with Crippen molar-refractivity contribution >= 4 is 11.9 Å². The van der Waals surface area contributed by atoms with E-state index in [0.717, 1.165) is 0 Å². The van der Waals surface area contributed by atoms with Crippen LogP contribution < -0.4 is 5.32 Å². The zero-order valence-electron chi connectivity index (χ0n) is 10.2. The van der Waals surface area contributed by atoms with Gasteiger partial charge in [0.05, 0.1) is 12.6 Å². The minimum Gasteiger partial charge on any atom is -0.380 e. The highest BCUT2D eigenvalue weighted by molar-refractivity contribution is 5.96. The fourth-order valence-corrected chi connectivity index (χ4v) is 1.77. The third-order valence-corrected chi connectivity index (χ3v) is 2.75. The third-order valence-electron chi connectivity index (χ3n) is 2.75. The van der Waals surface area contributed by atoms with Crippen molar-refractivity contribution in [2.45, 2.75) is 33.2 Å². The Hall–Kier alpha value is -1.10. The molecule has 5 nitrogen and oxygen atoms in total. The van der Waals surface area contributed by atoms with Crippen LogP contribution in [-0.4, -0.2) is 42.6 Å². The molecule has 1 rings (SSSR count). The van der Waals surface area contributed by atoms with E-state index >= 15 is 0 Å². The molecule has 3 amide bonds. The van der Waals surface area contributed by atoms with Gasteiger partial charge in [-0.2, -0.15) is 0 Å². The van der Waals surface area contributed by atoms with Crippen LogP contribution in [0.15, 0.2) is 0 Å². The van der Waals surface area contributed by atoms with Crippen molar-refractivity contribution in [3.05, 3.63) is 0 Å². The molecule has 1 saturated heterocycles. The molecule has 0 aliphatic carbocycles. The molecule has 1 fully saturated rings. The molecule has 0 aromatic carbocycles. The first-order chi connectivity index (χ1) is 7.56. The van der Waals surface area contributed by atoms with E-state index < -0.39 is 0 Å². The van der Waals surface area contributed by atoms with E-state index in [4.69, 9.17) is 4.74 Å². The maximum absolute atomic E-state index is 11.7. The Morgan fingerprint density at radius 1 is 1.44 bits per heavy atom. The molecule has 0 aromatic rings. The first-order valence-electron chi connectivity index (χ1n) is 5.74. The summed E-state index contributed by atoms with van der Waals surface area (Å²) in [4.78, 5) is 24.4. The Morgan fingerprint density at radius 3 is 2.62 bits per heavy atom.